The molecule has 0 aliphatic heterocycles. The van der Waals surface area contributed by atoms with Crippen molar-refractivity contribution in [2.24, 2.45) is 0 Å². The van der Waals surface area contributed by atoms with Crippen molar-refractivity contribution in [3.63, 3.8) is 0 Å². The summed E-state index contributed by atoms with van der Waals surface area (Å²) in [6.07, 6.45) is 3.55. The molecule has 0 aliphatic rings. The minimum absolute atomic E-state index is 0.193. The van der Waals surface area contributed by atoms with Crippen molar-refractivity contribution < 1.29 is 4.39 Å². The van der Waals surface area contributed by atoms with Gasteiger partial charge in [0.1, 0.15) is 11.2 Å². The van der Waals surface area contributed by atoms with Gasteiger partial charge in [0.25, 0.3) is 0 Å². The molecular weight excluding hydrogens is 387 g/mol. The summed E-state index contributed by atoms with van der Waals surface area (Å²) in [5.74, 6) is 0. The number of halogens is 1. The molecule has 0 bridgehead atoms. The van der Waals surface area contributed by atoms with Crippen LogP contribution in [0.5, 0.6) is 0 Å². The average molecular weight is 400 g/mol. The van der Waals surface area contributed by atoms with E-state index in [2.05, 4.69) is 25.4 Å². The highest BCUT2D eigenvalue weighted by molar-refractivity contribution is 7.14. The molecule has 140 valence electrons. The zero-order valence-corrected chi connectivity index (χ0v) is 15.7. The Bertz CT molecular complexity index is 1470. The van der Waals surface area contributed by atoms with E-state index >= 15 is 0 Å². The lowest BCUT2D eigenvalue weighted by Crippen LogP contribution is -1.84. The van der Waals surface area contributed by atoms with Crippen molar-refractivity contribution in [3.8, 4) is 33.1 Å². The number of hydrogen-bond donors (Lipinski definition) is 3. The first-order chi connectivity index (χ1) is 14.3. The van der Waals surface area contributed by atoms with Crippen molar-refractivity contribution in [1.82, 2.24) is 30.4 Å². The summed E-state index contributed by atoms with van der Waals surface area (Å²) >= 11 is 1.14. The van der Waals surface area contributed by atoms with Gasteiger partial charge < -0.3 is 4.98 Å². The van der Waals surface area contributed by atoms with Crippen molar-refractivity contribution in [3.05, 3.63) is 66.1 Å². The molecule has 3 N–H and O–H groups in total. The molecular formula is C21H13FN6S. The Hall–Kier alpha value is -3.78. The molecule has 0 spiro atoms. The van der Waals surface area contributed by atoms with E-state index in [1.807, 2.05) is 48.7 Å². The molecule has 29 heavy (non-hydrogen) atoms. The normalized spacial score (nSPS) is 11.6. The highest BCUT2D eigenvalue weighted by atomic mass is 32.1. The molecule has 0 radical (unpaired) electrons. The van der Waals surface area contributed by atoms with Gasteiger partial charge in [-0.25, -0.2) is 4.98 Å². The molecule has 0 saturated heterocycles. The van der Waals surface area contributed by atoms with Crippen LogP contribution >= 0.6 is 11.3 Å². The van der Waals surface area contributed by atoms with E-state index in [9.17, 15) is 4.39 Å². The van der Waals surface area contributed by atoms with Crippen LogP contribution in [0.25, 0.3) is 55.0 Å². The Morgan fingerprint density at radius 1 is 1.00 bits per heavy atom. The molecule has 0 saturated carbocycles. The van der Waals surface area contributed by atoms with Gasteiger partial charge >= 0.3 is 0 Å². The number of aromatic nitrogens is 6. The summed E-state index contributed by atoms with van der Waals surface area (Å²) in [5.41, 5.74) is 6.92. The van der Waals surface area contributed by atoms with Gasteiger partial charge in [-0.05, 0) is 36.4 Å². The SMILES string of the molecule is Fc1ccc(-c2cccc3[nH]c(-c4n[nH]c5ccc(-c6cn[nH]c6)nc45)cc23)s1. The van der Waals surface area contributed by atoms with Crippen LogP contribution in [0.2, 0.25) is 0 Å². The standard InChI is InChI=1S/C21H13FN6S/c22-19-7-6-18(29-19)12-2-1-3-15-13(12)8-17(25-15)21-20-16(27-28-21)5-4-14(26-20)11-9-23-24-10-11/h1-10,25H,(H,23,24)(H,27,28). The molecule has 8 heteroatoms. The lowest BCUT2D eigenvalue weighted by atomic mass is 10.1. The summed E-state index contributed by atoms with van der Waals surface area (Å²) in [6.45, 7) is 0. The number of fused-ring (bicyclic) bond motifs is 2. The van der Waals surface area contributed by atoms with E-state index in [1.165, 1.54) is 6.07 Å². The van der Waals surface area contributed by atoms with E-state index in [4.69, 9.17) is 4.98 Å². The average Bonchev–Trinajstić information content (AvgIpc) is 3.51. The number of rotatable bonds is 3. The Balaban J connectivity index is 1.53. The second kappa shape index (κ2) is 6.11. The predicted molar refractivity (Wildman–Crippen MR) is 112 cm³/mol. The summed E-state index contributed by atoms with van der Waals surface area (Å²) < 4.78 is 13.6. The maximum atomic E-state index is 13.6. The number of aromatic amines is 3. The zero-order valence-electron chi connectivity index (χ0n) is 14.9. The first-order valence-corrected chi connectivity index (χ1v) is 9.80. The molecule has 1 aromatic carbocycles. The predicted octanol–water partition coefficient (Wildman–Crippen LogP) is 5.36. The van der Waals surface area contributed by atoms with Gasteiger partial charge in [-0.3, -0.25) is 10.2 Å². The number of H-pyrrole nitrogens is 3. The van der Waals surface area contributed by atoms with E-state index in [0.29, 0.717) is 0 Å². The molecule has 0 atom stereocenters. The Morgan fingerprint density at radius 2 is 1.97 bits per heavy atom. The smallest absolute Gasteiger partial charge is 0.176 e. The van der Waals surface area contributed by atoms with Gasteiger partial charge in [0, 0.05) is 33.1 Å². The van der Waals surface area contributed by atoms with Crippen LogP contribution in [0.3, 0.4) is 0 Å². The molecule has 6 nitrogen and oxygen atoms in total. The van der Waals surface area contributed by atoms with Gasteiger partial charge in [-0.2, -0.15) is 14.6 Å². The third-order valence-electron chi connectivity index (χ3n) is 4.96. The minimum atomic E-state index is -0.193. The number of hydrogen-bond acceptors (Lipinski definition) is 4. The number of pyridine rings is 1. The molecule has 0 unspecified atom stereocenters. The summed E-state index contributed by atoms with van der Waals surface area (Å²) in [4.78, 5) is 9.11. The van der Waals surface area contributed by atoms with Crippen LogP contribution in [0, 0.1) is 5.13 Å². The molecule has 6 aromatic rings. The van der Waals surface area contributed by atoms with Crippen LogP contribution in [0.15, 0.2) is 60.9 Å². The Kier molecular flexibility index (Phi) is 3.41. The van der Waals surface area contributed by atoms with Crippen LogP contribution in [0.4, 0.5) is 4.39 Å². The second-order valence-corrected chi connectivity index (χ2v) is 7.74. The third-order valence-corrected chi connectivity index (χ3v) is 5.87. The van der Waals surface area contributed by atoms with Crippen molar-refractivity contribution >= 4 is 33.3 Å². The van der Waals surface area contributed by atoms with Crippen molar-refractivity contribution in [2.45, 2.75) is 0 Å². The van der Waals surface area contributed by atoms with Crippen molar-refractivity contribution in [2.75, 3.05) is 0 Å². The highest BCUT2D eigenvalue weighted by Crippen LogP contribution is 2.36. The zero-order chi connectivity index (χ0) is 19.4. The van der Waals surface area contributed by atoms with Crippen molar-refractivity contribution in [1.29, 1.82) is 0 Å². The summed E-state index contributed by atoms with van der Waals surface area (Å²) in [7, 11) is 0. The number of thiophene rings is 1. The van der Waals surface area contributed by atoms with Crippen LogP contribution in [0.1, 0.15) is 0 Å². The first kappa shape index (κ1) is 16.2. The number of nitrogens with zero attached hydrogens (tertiary/aromatic N) is 3. The maximum absolute atomic E-state index is 13.6. The van der Waals surface area contributed by atoms with Crippen LogP contribution in [-0.4, -0.2) is 30.4 Å². The van der Waals surface area contributed by atoms with Crippen LogP contribution in [-0.2, 0) is 0 Å². The fourth-order valence-electron chi connectivity index (χ4n) is 3.60. The van der Waals surface area contributed by atoms with E-state index in [-0.39, 0.29) is 5.13 Å². The molecule has 5 heterocycles. The number of benzene rings is 1. The monoisotopic (exact) mass is 400 g/mol. The molecule has 0 aliphatic carbocycles. The van der Waals surface area contributed by atoms with E-state index in [1.54, 1.807) is 6.20 Å². The largest absolute Gasteiger partial charge is 0.353 e. The van der Waals surface area contributed by atoms with Gasteiger partial charge in [0.15, 0.2) is 5.13 Å². The lowest BCUT2D eigenvalue weighted by Gasteiger charge is -1.98. The highest BCUT2D eigenvalue weighted by Gasteiger charge is 2.16. The molecule has 0 amide bonds. The third kappa shape index (κ3) is 2.57. The minimum Gasteiger partial charge on any atom is -0.353 e. The Labute approximate surface area is 167 Å². The summed E-state index contributed by atoms with van der Waals surface area (Å²) in [6, 6.07) is 15.2. The van der Waals surface area contributed by atoms with Gasteiger partial charge in [-0.1, -0.05) is 12.1 Å². The molecule has 0 fully saturated rings. The quantitative estimate of drug-likeness (QED) is 0.374. The van der Waals surface area contributed by atoms with E-state index in [0.717, 1.165) is 66.4 Å². The van der Waals surface area contributed by atoms with Gasteiger partial charge in [0.05, 0.1) is 23.1 Å². The first-order valence-electron chi connectivity index (χ1n) is 8.98. The topological polar surface area (TPSA) is 86.0 Å². The Morgan fingerprint density at radius 3 is 2.79 bits per heavy atom. The van der Waals surface area contributed by atoms with Gasteiger partial charge in [0.2, 0.25) is 0 Å². The van der Waals surface area contributed by atoms with Gasteiger partial charge in [-0.15, -0.1) is 11.3 Å². The second-order valence-electron chi connectivity index (χ2n) is 6.71. The molecule has 5 aromatic heterocycles. The lowest BCUT2D eigenvalue weighted by molar-refractivity contribution is 0.657. The molecule has 6 rings (SSSR count). The maximum Gasteiger partial charge on any atom is 0.176 e. The van der Waals surface area contributed by atoms with Crippen LogP contribution < -0.4 is 0 Å². The van der Waals surface area contributed by atoms with E-state index < -0.39 is 0 Å². The fourth-order valence-corrected chi connectivity index (χ4v) is 4.37. The number of nitrogens with one attached hydrogen (secondary N) is 3. The summed E-state index contributed by atoms with van der Waals surface area (Å²) in [5, 5.41) is 15.2. The fraction of sp³-hybridized carbons (Fsp3) is 0.